The van der Waals surface area contributed by atoms with Crippen LogP contribution in [0.25, 0.3) is 0 Å². The molecule has 0 spiro atoms. The van der Waals surface area contributed by atoms with Gasteiger partial charge in [0, 0.05) is 5.69 Å². The number of hydrogen-bond acceptors (Lipinski definition) is 2. The summed E-state index contributed by atoms with van der Waals surface area (Å²) in [5, 5.41) is 6.06. The van der Waals surface area contributed by atoms with Gasteiger partial charge in [-0.15, -0.1) is 0 Å². The molecule has 0 heterocycles. The summed E-state index contributed by atoms with van der Waals surface area (Å²) in [5.74, 6) is 0.822. The standard InChI is InChI=1S/C21H26N2O2/c1-20(2,3)15-5-9-17(10-6-15)22-19(24)23-21(13-14-21)16-7-11-18(25-4)12-8-16/h5-12H,13-14H2,1-4H3,(H2,22,23,24). The lowest BCUT2D eigenvalue weighted by atomic mass is 9.87. The van der Waals surface area contributed by atoms with Gasteiger partial charge in [-0.05, 0) is 53.6 Å². The summed E-state index contributed by atoms with van der Waals surface area (Å²) in [4.78, 5) is 12.4. The van der Waals surface area contributed by atoms with Crippen molar-refractivity contribution in [2.75, 3.05) is 12.4 Å². The Morgan fingerprint density at radius 3 is 2.08 bits per heavy atom. The minimum absolute atomic E-state index is 0.104. The van der Waals surface area contributed by atoms with Gasteiger partial charge in [0.25, 0.3) is 0 Å². The molecule has 1 fully saturated rings. The van der Waals surface area contributed by atoms with Crippen molar-refractivity contribution in [1.82, 2.24) is 5.32 Å². The van der Waals surface area contributed by atoms with E-state index in [1.807, 2.05) is 36.4 Å². The highest BCUT2D eigenvalue weighted by Crippen LogP contribution is 2.45. The first-order valence-corrected chi connectivity index (χ1v) is 8.67. The number of ether oxygens (including phenoxy) is 1. The first kappa shape index (κ1) is 17.3. The molecule has 25 heavy (non-hydrogen) atoms. The smallest absolute Gasteiger partial charge is 0.319 e. The van der Waals surface area contributed by atoms with Crippen molar-refractivity contribution in [2.24, 2.45) is 0 Å². The Balaban J connectivity index is 1.64. The second-order valence-corrected chi connectivity index (χ2v) is 7.72. The molecule has 0 radical (unpaired) electrons. The first-order chi connectivity index (χ1) is 11.8. The average Bonchev–Trinajstić information content (AvgIpc) is 3.35. The molecule has 0 saturated heterocycles. The molecule has 2 aromatic rings. The molecule has 2 amide bonds. The number of amides is 2. The molecule has 0 aromatic heterocycles. The molecule has 132 valence electrons. The molecule has 4 nitrogen and oxygen atoms in total. The molecule has 0 bridgehead atoms. The number of methoxy groups -OCH3 is 1. The normalized spacial score (nSPS) is 15.4. The summed E-state index contributed by atoms with van der Waals surface area (Å²) in [6, 6.07) is 15.8. The summed E-state index contributed by atoms with van der Waals surface area (Å²) in [7, 11) is 1.65. The number of urea groups is 1. The SMILES string of the molecule is COc1ccc(C2(NC(=O)Nc3ccc(C(C)(C)C)cc3)CC2)cc1. The Bertz CT molecular complexity index is 739. The summed E-state index contributed by atoms with van der Waals surface area (Å²) in [6.07, 6.45) is 1.91. The van der Waals surface area contributed by atoms with Gasteiger partial charge in [0.05, 0.1) is 12.6 Å². The van der Waals surface area contributed by atoms with Crippen molar-refractivity contribution in [1.29, 1.82) is 0 Å². The summed E-state index contributed by atoms with van der Waals surface area (Å²) >= 11 is 0. The predicted octanol–water partition coefficient (Wildman–Crippen LogP) is 4.80. The Labute approximate surface area is 149 Å². The molecule has 1 saturated carbocycles. The Morgan fingerprint density at radius 1 is 1.00 bits per heavy atom. The highest BCUT2D eigenvalue weighted by atomic mass is 16.5. The van der Waals surface area contributed by atoms with Crippen LogP contribution in [0.1, 0.15) is 44.7 Å². The maximum absolute atomic E-state index is 12.4. The van der Waals surface area contributed by atoms with Crippen LogP contribution in [0.4, 0.5) is 10.5 Å². The van der Waals surface area contributed by atoms with Crippen LogP contribution in [-0.4, -0.2) is 13.1 Å². The molecular formula is C21H26N2O2. The molecule has 0 aliphatic heterocycles. The van der Waals surface area contributed by atoms with Crippen LogP contribution in [0.3, 0.4) is 0 Å². The third-order valence-electron chi connectivity index (χ3n) is 4.75. The Hall–Kier alpha value is -2.49. The number of carbonyl (C=O) groups is 1. The fraction of sp³-hybridized carbons (Fsp3) is 0.381. The van der Waals surface area contributed by atoms with Crippen molar-refractivity contribution in [2.45, 2.75) is 44.6 Å². The third-order valence-corrected chi connectivity index (χ3v) is 4.75. The van der Waals surface area contributed by atoms with E-state index >= 15 is 0 Å². The molecule has 1 aliphatic rings. The number of benzene rings is 2. The summed E-state index contributed by atoms with van der Waals surface area (Å²) < 4.78 is 5.20. The summed E-state index contributed by atoms with van der Waals surface area (Å²) in [5.41, 5.74) is 3.02. The minimum Gasteiger partial charge on any atom is -0.497 e. The van der Waals surface area contributed by atoms with E-state index in [9.17, 15) is 4.79 Å². The molecule has 1 aliphatic carbocycles. The van der Waals surface area contributed by atoms with Gasteiger partial charge < -0.3 is 15.4 Å². The molecule has 4 heteroatoms. The van der Waals surface area contributed by atoms with Crippen LogP contribution in [0.15, 0.2) is 48.5 Å². The van der Waals surface area contributed by atoms with E-state index in [1.165, 1.54) is 5.56 Å². The van der Waals surface area contributed by atoms with E-state index in [0.29, 0.717) is 0 Å². The Morgan fingerprint density at radius 2 is 1.60 bits per heavy atom. The van der Waals surface area contributed by atoms with Gasteiger partial charge in [-0.2, -0.15) is 0 Å². The van der Waals surface area contributed by atoms with Crippen LogP contribution in [0.2, 0.25) is 0 Å². The van der Waals surface area contributed by atoms with Crippen LogP contribution in [0, 0.1) is 0 Å². The first-order valence-electron chi connectivity index (χ1n) is 8.67. The second kappa shape index (κ2) is 6.43. The lowest BCUT2D eigenvalue weighted by molar-refractivity contribution is 0.247. The van der Waals surface area contributed by atoms with Crippen molar-refractivity contribution in [3.8, 4) is 5.75 Å². The van der Waals surface area contributed by atoms with E-state index in [4.69, 9.17) is 4.74 Å². The number of nitrogens with one attached hydrogen (secondary N) is 2. The predicted molar refractivity (Wildman–Crippen MR) is 101 cm³/mol. The van der Waals surface area contributed by atoms with Crippen molar-refractivity contribution < 1.29 is 9.53 Å². The minimum atomic E-state index is -0.248. The van der Waals surface area contributed by atoms with Gasteiger partial charge in [-0.25, -0.2) is 4.79 Å². The van der Waals surface area contributed by atoms with E-state index in [1.54, 1.807) is 7.11 Å². The molecule has 2 N–H and O–H groups in total. The number of hydrogen-bond donors (Lipinski definition) is 2. The lowest BCUT2D eigenvalue weighted by Gasteiger charge is -2.20. The van der Waals surface area contributed by atoms with Gasteiger partial charge in [-0.3, -0.25) is 0 Å². The van der Waals surface area contributed by atoms with Crippen molar-refractivity contribution in [3.05, 3.63) is 59.7 Å². The van der Waals surface area contributed by atoms with Crippen LogP contribution in [-0.2, 0) is 11.0 Å². The van der Waals surface area contributed by atoms with Gasteiger partial charge >= 0.3 is 6.03 Å². The monoisotopic (exact) mass is 338 g/mol. The number of anilines is 1. The number of carbonyl (C=O) groups excluding carboxylic acids is 1. The van der Waals surface area contributed by atoms with Gasteiger partial charge in [0.1, 0.15) is 5.75 Å². The van der Waals surface area contributed by atoms with Gasteiger partial charge in [-0.1, -0.05) is 45.0 Å². The molecule has 0 unspecified atom stereocenters. The second-order valence-electron chi connectivity index (χ2n) is 7.72. The van der Waals surface area contributed by atoms with Gasteiger partial charge in [0.2, 0.25) is 0 Å². The zero-order valence-corrected chi connectivity index (χ0v) is 15.3. The molecule has 2 aromatic carbocycles. The lowest BCUT2D eigenvalue weighted by Crippen LogP contribution is -2.38. The van der Waals surface area contributed by atoms with Crippen LogP contribution >= 0.6 is 0 Å². The zero-order valence-electron chi connectivity index (χ0n) is 15.3. The highest BCUT2D eigenvalue weighted by Gasteiger charge is 2.45. The fourth-order valence-electron chi connectivity index (χ4n) is 2.95. The molecule has 3 rings (SSSR count). The van der Waals surface area contributed by atoms with E-state index in [0.717, 1.165) is 29.8 Å². The van der Waals surface area contributed by atoms with E-state index in [2.05, 4.69) is 43.5 Å². The maximum Gasteiger partial charge on any atom is 0.319 e. The van der Waals surface area contributed by atoms with Crippen LogP contribution < -0.4 is 15.4 Å². The van der Waals surface area contributed by atoms with Crippen molar-refractivity contribution >= 4 is 11.7 Å². The average molecular weight is 338 g/mol. The third kappa shape index (κ3) is 3.95. The van der Waals surface area contributed by atoms with Gasteiger partial charge in [0.15, 0.2) is 0 Å². The number of rotatable bonds is 4. The summed E-state index contributed by atoms with van der Waals surface area (Å²) in [6.45, 7) is 6.52. The van der Waals surface area contributed by atoms with E-state index < -0.39 is 0 Å². The molecular weight excluding hydrogens is 312 g/mol. The zero-order chi connectivity index (χ0) is 18.1. The maximum atomic E-state index is 12.4. The highest BCUT2D eigenvalue weighted by molar-refractivity contribution is 5.90. The fourth-order valence-corrected chi connectivity index (χ4v) is 2.95. The van der Waals surface area contributed by atoms with Crippen LogP contribution in [0.5, 0.6) is 5.75 Å². The quantitative estimate of drug-likeness (QED) is 0.841. The molecule has 0 atom stereocenters. The largest absolute Gasteiger partial charge is 0.497 e. The topological polar surface area (TPSA) is 50.4 Å². The Kier molecular flexibility index (Phi) is 4.46. The van der Waals surface area contributed by atoms with Crippen molar-refractivity contribution in [3.63, 3.8) is 0 Å². The van der Waals surface area contributed by atoms with E-state index in [-0.39, 0.29) is 17.0 Å².